The number of aryl methyl sites for hydroxylation is 1. The maximum atomic E-state index is 13.3. The molecule has 2 aliphatic rings. The van der Waals surface area contributed by atoms with Crippen LogP contribution in [0, 0.1) is 11.3 Å². The number of likely N-dealkylation sites (tertiary alicyclic amines) is 1. The summed E-state index contributed by atoms with van der Waals surface area (Å²) in [4.78, 5) is 22.1. The van der Waals surface area contributed by atoms with Crippen LogP contribution in [0.3, 0.4) is 0 Å². The van der Waals surface area contributed by atoms with Gasteiger partial charge in [-0.25, -0.2) is 4.98 Å². The van der Waals surface area contributed by atoms with Crippen LogP contribution in [-0.4, -0.2) is 67.1 Å². The molecule has 0 saturated carbocycles. The summed E-state index contributed by atoms with van der Waals surface area (Å²) >= 11 is 0. The molecule has 0 unspecified atom stereocenters. The predicted molar refractivity (Wildman–Crippen MR) is 139 cm³/mol. The van der Waals surface area contributed by atoms with Gasteiger partial charge in [-0.05, 0) is 67.2 Å². The highest BCUT2D eigenvalue weighted by molar-refractivity contribution is 5.96. The highest BCUT2D eigenvalue weighted by Gasteiger charge is 2.38. The zero-order valence-electron chi connectivity index (χ0n) is 21.7. The van der Waals surface area contributed by atoms with Crippen molar-refractivity contribution in [2.45, 2.75) is 52.4 Å². The Labute approximate surface area is 210 Å². The minimum atomic E-state index is 0.0296. The lowest BCUT2D eigenvalue weighted by atomic mass is 9.73. The molecule has 2 aliphatic heterocycles. The SMILES string of the molecule is COc1ncccc1C(=O)N1CCC2(CCCCc3ccccc3OCCN(CC(C)C)C2)CC1. The summed E-state index contributed by atoms with van der Waals surface area (Å²) in [5, 5.41) is 0. The van der Waals surface area contributed by atoms with E-state index < -0.39 is 0 Å². The number of rotatable bonds is 4. The summed E-state index contributed by atoms with van der Waals surface area (Å²) in [6.45, 7) is 9.95. The first-order valence-electron chi connectivity index (χ1n) is 13.2. The minimum Gasteiger partial charge on any atom is -0.492 e. The second kappa shape index (κ2) is 11.9. The van der Waals surface area contributed by atoms with Gasteiger partial charge >= 0.3 is 0 Å². The van der Waals surface area contributed by atoms with Gasteiger partial charge in [0.1, 0.15) is 17.9 Å². The van der Waals surface area contributed by atoms with E-state index in [1.54, 1.807) is 19.4 Å². The lowest BCUT2D eigenvalue weighted by Gasteiger charge is -2.45. The fourth-order valence-electron chi connectivity index (χ4n) is 5.73. The number of methoxy groups -OCH3 is 1. The fraction of sp³-hybridized carbons (Fsp3) is 0.586. The van der Waals surface area contributed by atoms with Gasteiger partial charge in [-0.2, -0.15) is 0 Å². The van der Waals surface area contributed by atoms with Crippen LogP contribution in [0.25, 0.3) is 0 Å². The summed E-state index contributed by atoms with van der Waals surface area (Å²) < 4.78 is 11.6. The van der Waals surface area contributed by atoms with Gasteiger partial charge in [-0.1, -0.05) is 38.5 Å². The topological polar surface area (TPSA) is 54.9 Å². The first-order valence-corrected chi connectivity index (χ1v) is 13.2. The third-order valence-electron chi connectivity index (χ3n) is 7.53. The smallest absolute Gasteiger partial charge is 0.259 e. The number of para-hydroxylation sites is 1. The molecule has 0 atom stereocenters. The molecule has 1 saturated heterocycles. The van der Waals surface area contributed by atoms with E-state index in [0.717, 1.165) is 57.7 Å². The summed E-state index contributed by atoms with van der Waals surface area (Å²) in [6.07, 6.45) is 8.38. The number of amides is 1. The van der Waals surface area contributed by atoms with Crippen LogP contribution in [0.5, 0.6) is 11.6 Å². The zero-order valence-corrected chi connectivity index (χ0v) is 21.7. The van der Waals surface area contributed by atoms with Crippen molar-refractivity contribution < 1.29 is 14.3 Å². The lowest BCUT2D eigenvalue weighted by Crippen LogP contribution is -2.49. The highest BCUT2D eigenvalue weighted by atomic mass is 16.5. The highest BCUT2D eigenvalue weighted by Crippen LogP contribution is 2.39. The predicted octanol–water partition coefficient (Wildman–Crippen LogP) is 5.08. The molecular weight excluding hydrogens is 438 g/mol. The van der Waals surface area contributed by atoms with Crippen molar-refractivity contribution in [2.24, 2.45) is 11.3 Å². The number of fused-ring (bicyclic) bond motifs is 1. The van der Waals surface area contributed by atoms with Crippen LogP contribution in [0.4, 0.5) is 0 Å². The Bertz CT molecular complexity index is 969. The Morgan fingerprint density at radius 2 is 1.89 bits per heavy atom. The minimum absolute atomic E-state index is 0.0296. The number of hydrogen-bond donors (Lipinski definition) is 0. The van der Waals surface area contributed by atoms with E-state index in [1.807, 2.05) is 11.0 Å². The molecule has 1 aromatic heterocycles. The second-order valence-electron chi connectivity index (χ2n) is 10.6. The van der Waals surface area contributed by atoms with Gasteiger partial charge in [0.15, 0.2) is 0 Å². The van der Waals surface area contributed by atoms with E-state index in [-0.39, 0.29) is 11.3 Å². The molecule has 6 heteroatoms. The van der Waals surface area contributed by atoms with Gasteiger partial charge in [0.05, 0.1) is 7.11 Å². The molecule has 2 aromatic rings. The maximum Gasteiger partial charge on any atom is 0.259 e. The third kappa shape index (κ3) is 6.54. The summed E-state index contributed by atoms with van der Waals surface area (Å²) in [6, 6.07) is 12.1. The number of benzene rings is 1. The number of piperidine rings is 1. The monoisotopic (exact) mass is 479 g/mol. The number of aromatic nitrogens is 1. The van der Waals surface area contributed by atoms with Crippen LogP contribution in [0.1, 0.15) is 61.9 Å². The first-order chi connectivity index (χ1) is 17.0. The Kier molecular flexibility index (Phi) is 8.66. The average molecular weight is 480 g/mol. The first kappa shape index (κ1) is 25.5. The standard InChI is InChI=1S/C29H41N3O3/c1-23(2)21-31-19-20-35-26-12-5-4-9-24(26)10-6-7-13-29(22-31)14-17-32(18-15-29)28(33)25-11-8-16-30-27(25)34-3/h4-5,8-9,11-12,16,23H,6-7,10,13-15,17-22H2,1-3H3. The number of ether oxygens (including phenoxy) is 2. The molecule has 3 heterocycles. The molecule has 1 aromatic carbocycles. The largest absolute Gasteiger partial charge is 0.492 e. The zero-order chi connectivity index (χ0) is 24.7. The molecule has 35 heavy (non-hydrogen) atoms. The molecule has 1 fully saturated rings. The molecular formula is C29H41N3O3. The molecule has 4 rings (SSSR count). The molecule has 0 radical (unpaired) electrons. The summed E-state index contributed by atoms with van der Waals surface area (Å²) in [5.41, 5.74) is 2.12. The van der Waals surface area contributed by atoms with Gasteiger partial charge in [0.25, 0.3) is 5.91 Å². The van der Waals surface area contributed by atoms with Crippen molar-refractivity contribution in [2.75, 3.05) is 46.4 Å². The number of hydrogen-bond acceptors (Lipinski definition) is 5. The van der Waals surface area contributed by atoms with Crippen LogP contribution >= 0.6 is 0 Å². The maximum absolute atomic E-state index is 13.3. The molecule has 0 aliphatic carbocycles. The lowest BCUT2D eigenvalue weighted by molar-refractivity contribution is 0.0353. The number of nitrogens with zero attached hydrogens (tertiary/aromatic N) is 3. The van der Waals surface area contributed by atoms with Crippen LogP contribution in [0.15, 0.2) is 42.6 Å². The van der Waals surface area contributed by atoms with Gasteiger partial charge in [-0.15, -0.1) is 0 Å². The van der Waals surface area contributed by atoms with Crippen molar-refractivity contribution in [1.82, 2.24) is 14.8 Å². The molecule has 0 bridgehead atoms. The van der Waals surface area contributed by atoms with E-state index in [1.165, 1.54) is 24.8 Å². The van der Waals surface area contributed by atoms with Crippen molar-refractivity contribution in [1.29, 1.82) is 0 Å². The Morgan fingerprint density at radius 1 is 1.09 bits per heavy atom. The Balaban J connectivity index is 1.47. The molecule has 1 amide bonds. The van der Waals surface area contributed by atoms with Gasteiger partial charge < -0.3 is 14.4 Å². The molecule has 1 spiro atoms. The van der Waals surface area contributed by atoms with Gasteiger partial charge in [0.2, 0.25) is 5.88 Å². The second-order valence-corrected chi connectivity index (χ2v) is 10.6. The van der Waals surface area contributed by atoms with Crippen LogP contribution < -0.4 is 9.47 Å². The molecule has 190 valence electrons. The normalized spacial score (nSPS) is 19.4. The molecule has 6 nitrogen and oxygen atoms in total. The van der Waals surface area contributed by atoms with Gasteiger partial charge in [0, 0.05) is 38.9 Å². The van der Waals surface area contributed by atoms with Crippen molar-refractivity contribution >= 4 is 5.91 Å². The summed E-state index contributed by atoms with van der Waals surface area (Å²) in [7, 11) is 1.57. The number of pyridine rings is 1. The summed E-state index contributed by atoms with van der Waals surface area (Å²) in [5.74, 6) is 2.09. The van der Waals surface area contributed by atoms with Crippen molar-refractivity contribution in [3.63, 3.8) is 0 Å². The van der Waals surface area contributed by atoms with E-state index >= 15 is 0 Å². The van der Waals surface area contributed by atoms with Gasteiger partial charge in [-0.3, -0.25) is 9.69 Å². The van der Waals surface area contributed by atoms with E-state index in [2.05, 4.69) is 48.0 Å². The number of carbonyl (C=O) groups excluding carboxylic acids is 1. The van der Waals surface area contributed by atoms with E-state index in [9.17, 15) is 4.79 Å². The third-order valence-corrected chi connectivity index (χ3v) is 7.53. The van der Waals surface area contributed by atoms with Crippen molar-refractivity contribution in [3.8, 4) is 11.6 Å². The fourth-order valence-corrected chi connectivity index (χ4v) is 5.73. The van der Waals surface area contributed by atoms with Crippen molar-refractivity contribution in [3.05, 3.63) is 53.7 Å². The van der Waals surface area contributed by atoms with Crippen LogP contribution in [0.2, 0.25) is 0 Å². The Morgan fingerprint density at radius 3 is 2.66 bits per heavy atom. The number of carbonyl (C=O) groups is 1. The Hall–Kier alpha value is -2.60. The van der Waals surface area contributed by atoms with E-state index in [0.29, 0.717) is 24.0 Å². The quantitative estimate of drug-likeness (QED) is 0.612. The van der Waals surface area contributed by atoms with Crippen LogP contribution in [-0.2, 0) is 6.42 Å². The van der Waals surface area contributed by atoms with E-state index in [4.69, 9.17) is 9.47 Å². The molecule has 0 N–H and O–H groups in total. The average Bonchev–Trinajstić information content (AvgIpc) is 2.86.